The molecule has 29 heavy (non-hydrogen) atoms. The number of sulfonamides is 1. The van der Waals surface area contributed by atoms with Crippen molar-refractivity contribution in [2.45, 2.75) is 52.7 Å². The van der Waals surface area contributed by atoms with E-state index in [1.807, 2.05) is 13.0 Å². The number of nitrogens with one attached hydrogen (secondary N) is 2. The highest BCUT2D eigenvalue weighted by Crippen LogP contribution is 2.42. The topological polar surface area (TPSA) is 91.4 Å². The molecule has 156 valence electrons. The fraction of sp³-hybridized carbons (Fsp3) is 0.500. The number of aromatic nitrogens is 1. The summed E-state index contributed by atoms with van der Waals surface area (Å²) in [6, 6.07) is 4.53. The third-order valence-corrected chi connectivity index (χ3v) is 7.31. The van der Waals surface area contributed by atoms with Crippen molar-refractivity contribution in [3.8, 4) is 10.4 Å². The maximum Gasteiger partial charge on any atom is 0.229 e. The van der Waals surface area contributed by atoms with Crippen LogP contribution >= 0.6 is 11.3 Å². The summed E-state index contributed by atoms with van der Waals surface area (Å²) in [5.41, 5.74) is 4.57. The van der Waals surface area contributed by atoms with Crippen LogP contribution in [0.25, 0.3) is 10.4 Å². The number of fused-ring (bicyclic) bond motifs is 1. The van der Waals surface area contributed by atoms with Gasteiger partial charge in [-0.25, -0.2) is 13.4 Å². The van der Waals surface area contributed by atoms with Crippen molar-refractivity contribution in [3.05, 3.63) is 29.0 Å². The second kappa shape index (κ2) is 7.37. The van der Waals surface area contributed by atoms with Crippen LogP contribution in [0.5, 0.6) is 0 Å². The van der Waals surface area contributed by atoms with Gasteiger partial charge in [-0.15, -0.1) is 0 Å². The van der Waals surface area contributed by atoms with Gasteiger partial charge in [-0.1, -0.05) is 11.3 Å². The molecule has 1 atom stereocenters. The summed E-state index contributed by atoms with van der Waals surface area (Å²) in [6.07, 6.45) is 3.73. The number of carbonyl (C=O) groups excluding carboxylic acids is 1. The fourth-order valence-corrected chi connectivity index (χ4v) is 5.57. The standard InChI is InChI=1S/C20H26N4O3S2/c1-11-19(28-20(21-11)22-13(3)25)15-7-16-9-24(12(2)14-5-6-14)10-17(16)18(8-15)23-29(4,26)27/h7-8,12,14,23H,5-6,9-10H2,1-4H3,(H,21,22,25). The molecule has 2 aromatic rings. The molecule has 9 heteroatoms. The van der Waals surface area contributed by atoms with E-state index in [9.17, 15) is 13.2 Å². The van der Waals surface area contributed by atoms with Crippen LogP contribution < -0.4 is 10.0 Å². The van der Waals surface area contributed by atoms with Gasteiger partial charge in [0.25, 0.3) is 0 Å². The minimum absolute atomic E-state index is 0.164. The second-order valence-electron chi connectivity index (χ2n) is 8.13. The first-order valence-electron chi connectivity index (χ1n) is 9.73. The van der Waals surface area contributed by atoms with Crippen LogP contribution in [-0.4, -0.2) is 36.5 Å². The zero-order valence-electron chi connectivity index (χ0n) is 17.1. The molecule has 1 aliphatic carbocycles. The van der Waals surface area contributed by atoms with E-state index < -0.39 is 10.0 Å². The molecule has 0 saturated heterocycles. The summed E-state index contributed by atoms with van der Waals surface area (Å²) in [4.78, 5) is 19.2. The van der Waals surface area contributed by atoms with Crippen molar-refractivity contribution in [3.63, 3.8) is 0 Å². The molecule has 2 aliphatic rings. The molecular formula is C20H26N4O3S2. The molecular weight excluding hydrogens is 408 g/mol. The first-order chi connectivity index (χ1) is 13.6. The van der Waals surface area contributed by atoms with Crippen molar-refractivity contribution in [2.75, 3.05) is 16.3 Å². The molecule has 0 bridgehead atoms. The van der Waals surface area contributed by atoms with E-state index in [2.05, 4.69) is 32.9 Å². The fourth-order valence-electron chi connectivity index (χ4n) is 3.99. The number of hydrogen-bond donors (Lipinski definition) is 2. The molecule has 1 amide bonds. The quantitative estimate of drug-likeness (QED) is 0.725. The van der Waals surface area contributed by atoms with Gasteiger partial charge in [0.05, 0.1) is 22.5 Å². The number of carbonyl (C=O) groups is 1. The lowest BCUT2D eigenvalue weighted by molar-refractivity contribution is -0.114. The lowest BCUT2D eigenvalue weighted by Crippen LogP contribution is -2.29. The number of amides is 1. The van der Waals surface area contributed by atoms with Gasteiger partial charge in [0.15, 0.2) is 5.13 Å². The Hall–Kier alpha value is -1.97. The molecule has 1 unspecified atom stereocenters. The number of hydrogen-bond acceptors (Lipinski definition) is 6. The SMILES string of the molecule is CC(=O)Nc1nc(C)c(-c2cc3c(c(NS(C)(=O)=O)c2)CN(C(C)C2CC2)C3)s1. The van der Waals surface area contributed by atoms with Crippen LogP contribution in [-0.2, 0) is 27.9 Å². The van der Waals surface area contributed by atoms with E-state index in [0.717, 1.165) is 46.3 Å². The highest BCUT2D eigenvalue weighted by molar-refractivity contribution is 7.92. The van der Waals surface area contributed by atoms with E-state index in [-0.39, 0.29) is 5.91 Å². The maximum absolute atomic E-state index is 12.0. The number of anilines is 2. The Kier molecular flexibility index (Phi) is 5.16. The molecule has 1 fully saturated rings. The first-order valence-corrected chi connectivity index (χ1v) is 12.4. The van der Waals surface area contributed by atoms with Crippen LogP contribution in [0.1, 0.15) is 43.5 Å². The number of thiazole rings is 1. The number of rotatable bonds is 6. The van der Waals surface area contributed by atoms with Crippen LogP contribution in [0.4, 0.5) is 10.8 Å². The second-order valence-corrected chi connectivity index (χ2v) is 10.9. The lowest BCUT2D eigenvalue weighted by atomic mass is 10.0. The Morgan fingerprint density at radius 1 is 1.31 bits per heavy atom. The molecule has 1 saturated carbocycles. The zero-order chi connectivity index (χ0) is 20.9. The van der Waals surface area contributed by atoms with Gasteiger partial charge in [-0.2, -0.15) is 0 Å². The van der Waals surface area contributed by atoms with Crippen LogP contribution in [0, 0.1) is 12.8 Å². The summed E-state index contributed by atoms with van der Waals surface area (Å²) in [6.45, 7) is 7.19. The third-order valence-electron chi connectivity index (χ3n) is 5.59. The van der Waals surface area contributed by atoms with Crippen molar-refractivity contribution in [2.24, 2.45) is 5.92 Å². The Labute approximate surface area is 175 Å². The van der Waals surface area contributed by atoms with Gasteiger partial charge in [0, 0.05) is 26.1 Å². The summed E-state index contributed by atoms with van der Waals surface area (Å²) in [7, 11) is -3.40. The molecule has 2 heterocycles. The van der Waals surface area contributed by atoms with Crippen molar-refractivity contribution in [1.29, 1.82) is 0 Å². The van der Waals surface area contributed by atoms with Crippen molar-refractivity contribution < 1.29 is 13.2 Å². The number of benzene rings is 1. The predicted molar refractivity (Wildman–Crippen MR) is 116 cm³/mol. The van der Waals surface area contributed by atoms with E-state index in [4.69, 9.17) is 0 Å². The molecule has 7 nitrogen and oxygen atoms in total. The molecule has 2 N–H and O–H groups in total. The van der Waals surface area contributed by atoms with E-state index in [0.29, 0.717) is 16.9 Å². The van der Waals surface area contributed by atoms with Crippen LogP contribution in [0.3, 0.4) is 0 Å². The largest absolute Gasteiger partial charge is 0.302 e. The molecule has 0 spiro atoms. The summed E-state index contributed by atoms with van der Waals surface area (Å²) >= 11 is 1.40. The van der Waals surface area contributed by atoms with Gasteiger partial charge in [-0.3, -0.25) is 14.4 Å². The van der Waals surface area contributed by atoms with E-state index in [1.54, 1.807) is 0 Å². The lowest BCUT2D eigenvalue weighted by Gasteiger charge is -2.23. The minimum atomic E-state index is -3.40. The third kappa shape index (κ3) is 4.46. The molecule has 0 radical (unpaired) electrons. The average Bonchev–Trinajstić information content (AvgIpc) is 3.25. The first kappa shape index (κ1) is 20.3. The molecule has 4 rings (SSSR count). The van der Waals surface area contributed by atoms with Crippen LogP contribution in [0.15, 0.2) is 12.1 Å². The zero-order valence-corrected chi connectivity index (χ0v) is 18.7. The highest BCUT2D eigenvalue weighted by Gasteiger charge is 2.35. The Balaban J connectivity index is 1.73. The van der Waals surface area contributed by atoms with E-state index in [1.165, 1.54) is 37.4 Å². The van der Waals surface area contributed by atoms with Crippen molar-refractivity contribution in [1.82, 2.24) is 9.88 Å². The minimum Gasteiger partial charge on any atom is -0.302 e. The van der Waals surface area contributed by atoms with Crippen molar-refractivity contribution >= 4 is 38.1 Å². The smallest absolute Gasteiger partial charge is 0.229 e. The molecule has 1 aromatic heterocycles. The van der Waals surface area contributed by atoms with Gasteiger partial charge in [0.2, 0.25) is 15.9 Å². The summed E-state index contributed by atoms with van der Waals surface area (Å²) in [5, 5.41) is 3.28. The normalized spacial score (nSPS) is 17.8. The Morgan fingerprint density at radius 3 is 2.66 bits per heavy atom. The van der Waals surface area contributed by atoms with Gasteiger partial charge >= 0.3 is 0 Å². The van der Waals surface area contributed by atoms with Gasteiger partial charge in [0.1, 0.15) is 0 Å². The Morgan fingerprint density at radius 2 is 2.03 bits per heavy atom. The van der Waals surface area contributed by atoms with E-state index >= 15 is 0 Å². The van der Waals surface area contributed by atoms with Gasteiger partial charge in [-0.05, 0) is 61.4 Å². The number of aryl methyl sites for hydroxylation is 1. The van der Waals surface area contributed by atoms with Gasteiger partial charge < -0.3 is 5.32 Å². The maximum atomic E-state index is 12.0. The van der Waals surface area contributed by atoms with Crippen LogP contribution in [0.2, 0.25) is 0 Å². The predicted octanol–water partition coefficient (Wildman–Crippen LogP) is 3.56. The highest BCUT2D eigenvalue weighted by atomic mass is 32.2. The molecule has 1 aromatic carbocycles. The summed E-state index contributed by atoms with van der Waals surface area (Å²) in [5.74, 6) is 0.586. The average molecular weight is 435 g/mol. The Bertz CT molecular complexity index is 1070. The monoisotopic (exact) mass is 434 g/mol. The summed E-state index contributed by atoms with van der Waals surface area (Å²) < 4.78 is 26.7. The number of nitrogens with zero attached hydrogens (tertiary/aromatic N) is 2. The molecule has 1 aliphatic heterocycles.